The average Bonchev–Trinajstić information content (AvgIpc) is 2.78. The predicted octanol–water partition coefficient (Wildman–Crippen LogP) is 1.90. The molecular weight excluding hydrogens is 218 g/mol. The van der Waals surface area contributed by atoms with Gasteiger partial charge < -0.3 is 5.11 Å². The summed E-state index contributed by atoms with van der Waals surface area (Å²) in [6.07, 6.45) is 1.44. The third kappa shape index (κ3) is 2.33. The van der Waals surface area contributed by atoms with Gasteiger partial charge in [0.25, 0.3) is 0 Å². The number of benzene rings is 1. The first-order valence-corrected chi connectivity index (χ1v) is 5.29. The quantitative estimate of drug-likeness (QED) is 0.876. The molecule has 1 heterocycles. The maximum absolute atomic E-state index is 10.8. The zero-order valence-electron chi connectivity index (χ0n) is 9.66. The Labute approximate surface area is 98.7 Å². The van der Waals surface area contributed by atoms with Gasteiger partial charge in [0, 0.05) is 5.56 Å². The molecule has 1 aromatic carbocycles. The van der Waals surface area contributed by atoms with E-state index in [0.29, 0.717) is 5.82 Å². The SMILES string of the molecule is Cc1ccc(-c2ncn(C(C)C(=O)O)n2)cc1. The van der Waals surface area contributed by atoms with Gasteiger partial charge in [-0.15, -0.1) is 0 Å². The van der Waals surface area contributed by atoms with E-state index in [1.54, 1.807) is 6.92 Å². The van der Waals surface area contributed by atoms with Crippen LogP contribution in [0.4, 0.5) is 0 Å². The lowest BCUT2D eigenvalue weighted by Crippen LogP contribution is -2.15. The fourth-order valence-electron chi connectivity index (χ4n) is 1.41. The number of hydrogen-bond acceptors (Lipinski definition) is 3. The van der Waals surface area contributed by atoms with Crippen LogP contribution in [0.25, 0.3) is 11.4 Å². The van der Waals surface area contributed by atoms with Crippen LogP contribution in [0.15, 0.2) is 30.6 Å². The molecule has 0 aliphatic carbocycles. The molecule has 5 nitrogen and oxygen atoms in total. The Morgan fingerprint density at radius 1 is 1.35 bits per heavy atom. The topological polar surface area (TPSA) is 68.0 Å². The Hall–Kier alpha value is -2.17. The third-order valence-corrected chi connectivity index (χ3v) is 2.57. The first-order chi connectivity index (χ1) is 8.08. The molecule has 0 saturated heterocycles. The third-order valence-electron chi connectivity index (χ3n) is 2.57. The van der Waals surface area contributed by atoms with E-state index in [4.69, 9.17) is 5.11 Å². The van der Waals surface area contributed by atoms with Crippen LogP contribution >= 0.6 is 0 Å². The van der Waals surface area contributed by atoms with Crippen LogP contribution in [0.5, 0.6) is 0 Å². The molecule has 17 heavy (non-hydrogen) atoms. The molecule has 1 N–H and O–H groups in total. The first-order valence-electron chi connectivity index (χ1n) is 5.29. The Kier molecular flexibility index (Phi) is 2.91. The molecule has 0 spiro atoms. The van der Waals surface area contributed by atoms with Gasteiger partial charge in [0.05, 0.1) is 0 Å². The van der Waals surface area contributed by atoms with Crippen molar-refractivity contribution in [1.29, 1.82) is 0 Å². The minimum absolute atomic E-state index is 0.540. The second kappa shape index (κ2) is 4.37. The Balaban J connectivity index is 2.29. The van der Waals surface area contributed by atoms with E-state index in [1.807, 2.05) is 31.2 Å². The van der Waals surface area contributed by atoms with Crippen LogP contribution in [0.3, 0.4) is 0 Å². The van der Waals surface area contributed by atoms with Crippen molar-refractivity contribution < 1.29 is 9.90 Å². The van der Waals surface area contributed by atoms with Gasteiger partial charge in [0.15, 0.2) is 5.82 Å². The largest absolute Gasteiger partial charge is 0.480 e. The van der Waals surface area contributed by atoms with Crippen molar-refractivity contribution in [3.8, 4) is 11.4 Å². The molecule has 88 valence electrons. The normalized spacial score (nSPS) is 12.4. The van der Waals surface area contributed by atoms with E-state index in [1.165, 1.54) is 11.0 Å². The summed E-state index contributed by atoms with van der Waals surface area (Å²) in [5.41, 5.74) is 2.04. The predicted molar refractivity (Wildman–Crippen MR) is 62.5 cm³/mol. The number of carboxylic acid groups (broad SMARTS) is 1. The fourth-order valence-corrected chi connectivity index (χ4v) is 1.41. The maximum atomic E-state index is 10.8. The van der Waals surface area contributed by atoms with Crippen molar-refractivity contribution in [2.75, 3.05) is 0 Å². The summed E-state index contributed by atoms with van der Waals surface area (Å²) in [5.74, 6) is -0.386. The number of carboxylic acids is 1. The Morgan fingerprint density at radius 3 is 2.59 bits per heavy atom. The molecule has 1 unspecified atom stereocenters. The number of hydrogen-bond donors (Lipinski definition) is 1. The van der Waals surface area contributed by atoms with Crippen LogP contribution in [-0.2, 0) is 4.79 Å². The fraction of sp³-hybridized carbons (Fsp3) is 0.250. The lowest BCUT2D eigenvalue weighted by Gasteiger charge is -2.04. The minimum atomic E-state index is -0.926. The number of rotatable bonds is 3. The molecule has 1 aromatic heterocycles. The van der Waals surface area contributed by atoms with Gasteiger partial charge in [-0.1, -0.05) is 29.8 Å². The summed E-state index contributed by atoms with van der Waals surface area (Å²) < 4.78 is 1.34. The molecule has 0 bridgehead atoms. The van der Waals surface area contributed by atoms with Crippen LogP contribution in [0.1, 0.15) is 18.5 Å². The zero-order valence-corrected chi connectivity index (χ0v) is 9.66. The van der Waals surface area contributed by atoms with Crippen LogP contribution in [-0.4, -0.2) is 25.8 Å². The van der Waals surface area contributed by atoms with Gasteiger partial charge in [0.1, 0.15) is 12.4 Å². The molecule has 0 aliphatic heterocycles. The van der Waals surface area contributed by atoms with Crippen molar-refractivity contribution >= 4 is 5.97 Å². The molecule has 1 atom stereocenters. The monoisotopic (exact) mass is 231 g/mol. The minimum Gasteiger partial charge on any atom is -0.480 e. The van der Waals surface area contributed by atoms with Crippen LogP contribution in [0, 0.1) is 6.92 Å². The summed E-state index contributed by atoms with van der Waals surface area (Å²) in [4.78, 5) is 14.9. The molecule has 0 radical (unpaired) electrons. The standard InChI is InChI=1S/C12H13N3O2/c1-8-3-5-10(6-4-8)11-13-7-15(14-11)9(2)12(16)17/h3-7,9H,1-2H3,(H,16,17). The van der Waals surface area contributed by atoms with E-state index >= 15 is 0 Å². The average molecular weight is 231 g/mol. The molecule has 0 fully saturated rings. The molecule has 0 saturated carbocycles. The highest BCUT2D eigenvalue weighted by molar-refractivity contribution is 5.71. The summed E-state index contributed by atoms with van der Waals surface area (Å²) in [5, 5.41) is 13.0. The molecule has 2 aromatic rings. The second-order valence-corrected chi connectivity index (χ2v) is 3.93. The van der Waals surface area contributed by atoms with Crippen molar-refractivity contribution in [2.24, 2.45) is 0 Å². The second-order valence-electron chi connectivity index (χ2n) is 3.93. The van der Waals surface area contributed by atoms with Gasteiger partial charge in [-0.3, -0.25) is 0 Å². The Morgan fingerprint density at radius 2 is 2.00 bits per heavy atom. The highest BCUT2D eigenvalue weighted by Crippen LogP contribution is 2.16. The number of carbonyl (C=O) groups is 1. The molecular formula is C12H13N3O2. The van der Waals surface area contributed by atoms with E-state index in [0.717, 1.165) is 11.1 Å². The van der Waals surface area contributed by atoms with Gasteiger partial charge in [0.2, 0.25) is 0 Å². The highest BCUT2D eigenvalue weighted by Gasteiger charge is 2.15. The van der Waals surface area contributed by atoms with Crippen LogP contribution in [0.2, 0.25) is 0 Å². The summed E-state index contributed by atoms with van der Waals surface area (Å²) in [6.45, 7) is 3.57. The maximum Gasteiger partial charge on any atom is 0.328 e. The van der Waals surface area contributed by atoms with E-state index in [-0.39, 0.29) is 0 Å². The number of aromatic nitrogens is 3. The van der Waals surface area contributed by atoms with Crippen molar-refractivity contribution in [1.82, 2.24) is 14.8 Å². The lowest BCUT2D eigenvalue weighted by molar-refractivity contribution is -0.140. The van der Waals surface area contributed by atoms with E-state index < -0.39 is 12.0 Å². The van der Waals surface area contributed by atoms with Crippen LogP contribution < -0.4 is 0 Å². The van der Waals surface area contributed by atoms with Gasteiger partial charge in [-0.05, 0) is 13.8 Å². The van der Waals surface area contributed by atoms with E-state index in [2.05, 4.69) is 10.1 Å². The van der Waals surface area contributed by atoms with Gasteiger partial charge in [-0.25, -0.2) is 14.5 Å². The number of aryl methyl sites for hydroxylation is 1. The highest BCUT2D eigenvalue weighted by atomic mass is 16.4. The van der Waals surface area contributed by atoms with Crippen molar-refractivity contribution in [3.63, 3.8) is 0 Å². The zero-order chi connectivity index (χ0) is 12.4. The van der Waals surface area contributed by atoms with Gasteiger partial charge >= 0.3 is 5.97 Å². The van der Waals surface area contributed by atoms with Crippen molar-refractivity contribution in [2.45, 2.75) is 19.9 Å². The Bertz CT molecular complexity index is 531. The molecule has 2 rings (SSSR count). The number of aliphatic carboxylic acids is 1. The molecule has 5 heteroatoms. The number of nitrogens with zero attached hydrogens (tertiary/aromatic N) is 3. The first kappa shape index (κ1) is 11.3. The lowest BCUT2D eigenvalue weighted by atomic mass is 10.1. The van der Waals surface area contributed by atoms with Crippen molar-refractivity contribution in [3.05, 3.63) is 36.2 Å². The summed E-state index contributed by atoms with van der Waals surface area (Å²) in [7, 11) is 0. The van der Waals surface area contributed by atoms with Gasteiger partial charge in [-0.2, -0.15) is 5.10 Å². The molecule has 0 amide bonds. The molecule has 0 aliphatic rings. The summed E-state index contributed by atoms with van der Waals surface area (Å²) in [6, 6.07) is 7.07. The van der Waals surface area contributed by atoms with E-state index in [9.17, 15) is 4.79 Å². The summed E-state index contributed by atoms with van der Waals surface area (Å²) >= 11 is 0. The smallest absolute Gasteiger partial charge is 0.328 e.